The van der Waals surface area contributed by atoms with Gasteiger partial charge in [-0.25, -0.2) is 4.79 Å². The molecule has 0 aromatic heterocycles. The zero-order valence-electron chi connectivity index (χ0n) is 9.66. The first-order chi connectivity index (χ1) is 7.65. The van der Waals surface area contributed by atoms with E-state index in [1.54, 1.807) is 4.90 Å². The van der Waals surface area contributed by atoms with Crippen LogP contribution in [0.15, 0.2) is 0 Å². The van der Waals surface area contributed by atoms with Gasteiger partial charge < -0.3 is 21.3 Å². The molecular weight excluding hydrogens is 208 g/mol. The summed E-state index contributed by atoms with van der Waals surface area (Å²) in [6.45, 7) is 4.15. The van der Waals surface area contributed by atoms with E-state index >= 15 is 0 Å². The van der Waals surface area contributed by atoms with Crippen LogP contribution in [0.25, 0.3) is 0 Å². The minimum Gasteiger partial charge on any atom is -0.368 e. The highest BCUT2D eigenvalue weighted by Crippen LogP contribution is 2.11. The third-order valence-electron chi connectivity index (χ3n) is 2.66. The minimum atomic E-state index is -0.468. The lowest BCUT2D eigenvalue weighted by Crippen LogP contribution is -2.52. The van der Waals surface area contributed by atoms with E-state index in [0.717, 1.165) is 25.9 Å². The van der Waals surface area contributed by atoms with Gasteiger partial charge in [-0.05, 0) is 32.9 Å². The van der Waals surface area contributed by atoms with Gasteiger partial charge in [-0.2, -0.15) is 0 Å². The quantitative estimate of drug-likeness (QED) is 0.592. The maximum atomic E-state index is 11.8. The van der Waals surface area contributed by atoms with Crippen LogP contribution in [0.5, 0.6) is 0 Å². The molecule has 3 amide bonds. The van der Waals surface area contributed by atoms with E-state index in [0.29, 0.717) is 6.54 Å². The summed E-state index contributed by atoms with van der Waals surface area (Å²) in [5.41, 5.74) is 5.16. The number of rotatable bonds is 4. The largest absolute Gasteiger partial charge is 0.368 e. The Balaban J connectivity index is 2.60. The van der Waals surface area contributed by atoms with Gasteiger partial charge in [-0.3, -0.25) is 4.79 Å². The molecule has 0 saturated carbocycles. The first kappa shape index (κ1) is 12.8. The summed E-state index contributed by atoms with van der Waals surface area (Å²) in [5.74, 6) is -0.468. The molecule has 0 radical (unpaired) electrons. The van der Waals surface area contributed by atoms with Crippen molar-refractivity contribution in [1.82, 2.24) is 15.5 Å². The Hall–Kier alpha value is -1.30. The minimum absolute atomic E-state index is 0.00347. The lowest BCUT2D eigenvalue weighted by molar-refractivity contribution is -0.119. The van der Waals surface area contributed by atoms with Crippen LogP contribution in [0.2, 0.25) is 0 Å². The molecule has 0 aromatic rings. The van der Waals surface area contributed by atoms with Crippen LogP contribution in [0, 0.1) is 0 Å². The molecular formula is C10H20N4O2. The number of hydrogen-bond donors (Lipinski definition) is 3. The molecule has 1 aliphatic heterocycles. The molecule has 1 heterocycles. The first-order valence-corrected chi connectivity index (χ1v) is 5.68. The summed E-state index contributed by atoms with van der Waals surface area (Å²) in [6.07, 6.45) is 1.73. The van der Waals surface area contributed by atoms with Crippen LogP contribution >= 0.6 is 0 Å². The highest BCUT2D eigenvalue weighted by atomic mass is 16.2. The van der Waals surface area contributed by atoms with Crippen molar-refractivity contribution in [2.45, 2.75) is 25.8 Å². The topological polar surface area (TPSA) is 87.5 Å². The highest BCUT2D eigenvalue weighted by Gasteiger charge is 2.25. The third kappa shape index (κ3) is 3.69. The maximum Gasteiger partial charge on any atom is 0.318 e. The van der Waals surface area contributed by atoms with Gasteiger partial charge >= 0.3 is 6.03 Å². The van der Waals surface area contributed by atoms with Gasteiger partial charge in [0.1, 0.15) is 6.54 Å². The number of urea groups is 1. The van der Waals surface area contributed by atoms with Crippen molar-refractivity contribution in [2.24, 2.45) is 5.73 Å². The van der Waals surface area contributed by atoms with Crippen molar-refractivity contribution in [3.8, 4) is 0 Å². The molecule has 0 spiro atoms. The van der Waals surface area contributed by atoms with Crippen molar-refractivity contribution >= 4 is 11.9 Å². The van der Waals surface area contributed by atoms with E-state index in [9.17, 15) is 9.59 Å². The van der Waals surface area contributed by atoms with E-state index in [1.807, 2.05) is 6.92 Å². The summed E-state index contributed by atoms with van der Waals surface area (Å²) in [5, 5.41) is 5.93. The molecule has 6 heteroatoms. The zero-order chi connectivity index (χ0) is 12.0. The summed E-state index contributed by atoms with van der Waals surface area (Å²) >= 11 is 0. The fourth-order valence-corrected chi connectivity index (χ4v) is 1.91. The van der Waals surface area contributed by atoms with Gasteiger partial charge in [0.15, 0.2) is 0 Å². The Morgan fingerprint density at radius 1 is 1.44 bits per heavy atom. The molecule has 1 saturated heterocycles. The second kappa shape index (κ2) is 6.32. The standard InChI is InChI=1S/C10H20N4O2/c1-2-13-10(16)14(7-9(11)15)8-3-5-12-6-4-8/h8,12H,2-7H2,1H3,(H2,11,15)(H,13,16). The molecule has 92 valence electrons. The molecule has 6 nitrogen and oxygen atoms in total. The average molecular weight is 228 g/mol. The molecule has 1 aliphatic rings. The predicted octanol–water partition coefficient (Wildman–Crippen LogP) is -0.745. The molecule has 0 aliphatic carbocycles. The van der Waals surface area contributed by atoms with E-state index in [2.05, 4.69) is 10.6 Å². The van der Waals surface area contributed by atoms with E-state index in [-0.39, 0.29) is 18.6 Å². The van der Waals surface area contributed by atoms with Crippen molar-refractivity contribution in [2.75, 3.05) is 26.2 Å². The SMILES string of the molecule is CCNC(=O)N(CC(N)=O)C1CCNCC1. The first-order valence-electron chi connectivity index (χ1n) is 5.68. The number of hydrogen-bond acceptors (Lipinski definition) is 3. The summed E-state index contributed by atoms with van der Waals surface area (Å²) < 4.78 is 0. The molecule has 0 unspecified atom stereocenters. The van der Waals surface area contributed by atoms with Gasteiger partial charge in [0.25, 0.3) is 0 Å². The number of carbonyl (C=O) groups is 2. The van der Waals surface area contributed by atoms with Crippen molar-refractivity contribution in [3.05, 3.63) is 0 Å². The number of primary amides is 1. The van der Waals surface area contributed by atoms with E-state index < -0.39 is 5.91 Å². The molecule has 1 fully saturated rings. The van der Waals surface area contributed by atoms with Crippen LogP contribution in [-0.4, -0.2) is 49.1 Å². The van der Waals surface area contributed by atoms with Crippen molar-refractivity contribution < 1.29 is 9.59 Å². The highest BCUT2D eigenvalue weighted by molar-refractivity contribution is 5.83. The second-order valence-electron chi connectivity index (χ2n) is 3.91. The number of nitrogens with two attached hydrogens (primary N) is 1. The maximum absolute atomic E-state index is 11.8. The molecule has 1 rings (SSSR count). The zero-order valence-corrected chi connectivity index (χ0v) is 9.66. The summed E-state index contributed by atoms with van der Waals surface area (Å²) in [6, 6.07) is -0.0894. The fraction of sp³-hybridized carbons (Fsp3) is 0.800. The second-order valence-corrected chi connectivity index (χ2v) is 3.91. The monoisotopic (exact) mass is 228 g/mol. The Labute approximate surface area is 95.5 Å². The lowest BCUT2D eigenvalue weighted by atomic mass is 10.1. The van der Waals surface area contributed by atoms with Crippen molar-refractivity contribution in [3.63, 3.8) is 0 Å². The molecule has 4 N–H and O–H groups in total. The van der Waals surface area contributed by atoms with Gasteiger partial charge in [-0.15, -0.1) is 0 Å². The molecule has 0 atom stereocenters. The Kier molecular flexibility index (Phi) is 5.04. The van der Waals surface area contributed by atoms with Crippen LogP contribution < -0.4 is 16.4 Å². The third-order valence-corrected chi connectivity index (χ3v) is 2.66. The number of nitrogens with zero attached hydrogens (tertiary/aromatic N) is 1. The van der Waals surface area contributed by atoms with Crippen molar-refractivity contribution in [1.29, 1.82) is 0 Å². The van der Waals surface area contributed by atoms with E-state index in [4.69, 9.17) is 5.73 Å². The van der Waals surface area contributed by atoms with E-state index in [1.165, 1.54) is 0 Å². The number of piperidine rings is 1. The smallest absolute Gasteiger partial charge is 0.318 e. The van der Waals surface area contributed by atoms with Crippen LogP contribution in [-0.2, 0) is 4.79 Å². The fourth-order valence-electron chi connectivity index (χ4n) is 1.91. The van der Waals surface area contributed by atoms with Gasteiger partial charge in [-0.1, -0.05) is 0 Å². The van der Waals surface area contributed by atoms with Gasteiger partial charge in [0, 0.05) is 12.6 Å². The molecule has 0 aromatic carbocycles. The van der Waals surface area contributed by atoms with Crippen LogP contribution in [0.4, 0.5) is 4.79 Å². The number of carbonyl (C=O) groups excluding carboxylic acids is 2. The Bertz CT molecular complexity index is 251. The lowest BCUT2D eigenvalue weighted by Gasteiger charge is -2.33. The number of amides is 3. The number of nitrogens with one attached hydrogen (secondary N) is 2. The van der Waals surface area contributed by atoms with Crippen LogP contribution in [0.3, 0.4) is 0 Å². The predicted molar refractivity (Wildman–Crippen MR) is 60.9 cm³/mol. The molecule has 0 bridgehead atoms. The van der Waals surface area contributed by atoms with Gasteiger partial charge in [0.2, 0.25) is 5.91 Å². The normalized spacial score (nSPS) is 16.8. The van der Waals surface area contributed by atoms with Gasteiger partial charge in [0.05, 0.1) is 0 Å². The Morgan fingerprint density at radius 2 is 2.06 bits per heavy atom. The summed E-state index contributed by atoms with van der Waals surface area (Å²) in [7, 11) is 0. The average Bonchev–Trinajstić information content (AvgIpc) is 2.27. The molecule has 16 heavy (non-hydrogen) atoms. The van der Waals surface area contributed by atoms with Crippen LogP contribution in [0.1, 0.15) is 19.8 Å². The Morgan fingerprint density at radius 3 is 2.56 bits per heavy atom. The summed E-state index contributed by atoms with van der Waals surface area (Å²) in [4.78, 5) is 24.3.